The third-order valence-electron chi connectivity index (χ3n) is 6.25. The molecule has 3 heterocycles. The van der Waals surface area contributed by atoms with Gasteiger partial charge >= 0.3 is 0 Å². The molecule has 0 aliphatic carbocycles. The zero-order valence-electron chi connectivity index (χ0n) is 19.2. The summed E-state index contributed by atoms with van der Waals surface area (Å²) >= 11 is 6.24. The Labute approximate surface area is 193 Å². The van der Waals surface area contributed by atoms with Crippen LogP contribution in [0, 0.1) is 13.8 Å². The molecule has 1 aliphatic rings. The van der Waals surface area contributed by atoms with Crippen molar-refractivity contribution in [1.82, 2.24) is 14.8 Å². The number of hydrogen-bond donors (Lipinski definition) is 1. The number of pyridine rings is 1. The Bertz CT molecular complexity index is 1150. The Morgan fingerprint density at radius 1 is 1.22 bits per heavy atom. The summed E-state index contributed by atoms with van der Waals surface area (Å²) in [5.74, 6) is 0.519. The number of carbonyl (C=O) groups excluding carboxylic acids is 1. The van der Waals surface area contributed by atoms with Crippen LogP contribution in [0.15, 0.2) is 18.2 Å². The number of ether oxygens (including phenoxy) is 1. The van der Waals surface area contributed by atoms with Gasteiger partial charge in [0, 0.05) is 37.3 Å². The number of fused-ring (bicyclic) bond motifs is 1. The molecule has 7 nitrogen and oxygen atoms in total. The first-order chi connectivity index (χ1) is 15.4. The number of carbonyl (C=O) groups is 1. The zero-order valence-corrected chi connectivity index (χ0v) is 19.9. The molecule has 8 heteroatoms. The predicted molar refractivity (Wildman–Crippen MR) is 129 cm³/mol. The van der Waals surface area contributed by atoms with E-state index in [0.717, 1.165) is 52.3 Å². The molecule has 1 aliphatic heterocycles. The minimum Gasteiger partial charge on any atom is -0.479 e. The van der Waals surface area contributed by atoms with Gasteiger partial charge in [0.25, 0.3) is 0 Å². The number of hydrogen-bond acceptors (Lipinski definition) is 5. The largest absolute Gasteiger partial charge is 0.479 e. The molecule has 0 saturated carbocycles. The maximum atomic E-state index is 12.9. The Kier molecular flexibility index (Phi) is 6.55. The van der Waals surface area contributed by atoms with E-state index in [1.54, 1.807) is 11.8 Å². The standard InChI is InChI=1S/C24H30ClN5O2/c1-15-18(16(2)26-23-22(15)24(32-4)28-29(23)3)9-11-21(31)27-19-14-17(25)8-10-20(19)30-12-6-5-7-13-30/h8,10,14H,5-7,9,11-13H2,1-4H3,(H,27,31). The minimum absolute atomic E-state index is 0.0393. The number of piperidine rings is 1. The van der Waals surface area contributed by atoms with Gasteiger partial charge in [0.1, 0.15) is 0 Å². The summed E-state index contributed by atoms with van der Waals surface area (Å²) in [5.41, 5.74) is 5.63. The highest BCUT2D eigenvalue weighted by Crippen LogP contribution is 2.32. The third-order valence-corrected chi connectivity index (χ3v) is 6.48. The first-order valence-electron chi connectivity index (χ1n) is 11.1. The van der Waals surface area contributed by atoms with Gasteiger partial charge in [-0.1, -0.05) is 11.6 Å². The SMILES string of the molecule is COc1nn(C)c2nc(C)c(CCC(=O)Nc3cc(Cl)ccc3N3CCCCC3)c(C)c12. The molecule has 2 aromatic heterocycles. The fraction of sp³-hybridized carbons (Fsp3) is 0.458. The van der Waals surface area contributed by atoms with Gasteiger partial charge in [0.2, 0.25) is 11.8 Å². The number of aryl methyl sites for hydroxylation is 3. The van der Waals surface area contributed by atoms with E-state index >= 15 is 0 Å². The predicted octanol–water partition coefficient (Wildman–Crippen LogP) is 4.81. The molecule has 0 radical (unpaired) electrons. The molecule has 170 valence electrons. The zero-order chi connectivity index (χ0) is 22.8. The number of nitrogens with zero attached hydrogens (tertiary/aromatic N) is 4. The lowest BCUT2D eigenvalue weighted by molar-refractivity contribution is -0.116. The number of halogens is 1. The van der Waals surface area contributed by atoms with Crippen LogP contribution in [0.4, 0.5) is 11.4 Å². The topological polar surface area (TPSA) is 72.3 Å². The van der Waals surface area contributed by atoms with Crippen LogP contribution < -0.4 is 15.0 Å². The number of nitrogens with one attached hydrogen (secondary N) is 1. The number of anilines is 2. The molecule has 1 amide bonds. The molecule has 4 rings (SSSR count). The minimum atomic E-state index is -0.0393. The van der Waals surface area contributed by atoms with Crippen molar-refractivity contribution in [3.8, 4) is 5.88 Å². The van der Waals surface area contributed by atoms with Crippen molar-refractivity contribution in [2.45, 2.75) is 46.0 Å². The van der Waals surface area contributed by atoms with E-state index in [4.69, 9.17) is 21.3 Å². The number of aromatic nitrogens is 3. The molecule has 0 atom stereocenters. The molecule has 32 heavy (non-hydrogen) atoms. The van der Waals surface area contributed by atoms with Gasteiger partial charge < -0.3 is 15.0 Å². The molecule has 1 N–H and O–H groups in total. The summed E-state index contributed by atoms with van der Waals surface area (Å²) in [4.78, 5) is 20.0. The molecular weight excluding hydrogens is 426 g/mol. The Balaban J connectivity index is 1.53. The lowest BCUT2D eigenvalue weighted by Gasteiger charge is -2.30. The van der Waals surface area contributed by atoms with E-state index in [1.165, 1.54) is 19.3 Å². The quantitative estimate of drug-likeness (QED) is 0.577. The fourth-order valence-electron chi connectivity index (χ4n) is 4.58. The first-order valence-corrected chi connectivity index (χ1v) is 11.5. The number of rotatable bonds is 6. The molecule has 1 fully saturated rings. The highest BCUT2D eigenvalue weighted by atomic mass is 35.5. The maximum absolute atomic E-state index is 12.9. The maximum Gasteiger partial charge on any atom is 0.242 e. The highest BCUT2D eigenvalue weighted by molar-refractivity contribution is 6.31. The van der Waals surface area contributed by atoms with Crippen molar-refractivity contribution in [3.05, 3.63) is 40.0 Å². The number of methoxy groups -OCH3 is 1. The van der Waals surface area contributed by atoms with Crippen LogP contribution in [0.5, 0.6) is 5.88 Å². The molecular formula is C24H30ClN5O2. The monoisotopic (exact) mass is 455 g/mol. The van der Waals surface area contributed by atoms with E-state index in [-0.39, 0.29) is 5.91 Å². The van der Waals surface area contributed by atoms with Gasteiger partial charge in [-0.05, 0) is 68.9 Å². The average molecular weight is 456 g/mol. The summed E-state index contributed by atoms with van der Waals surface area (Å²) in [5, 5.41) is 9.01. The van der Waals surface area contributed by atoms with E-state index in [1.807, 2.05) is 39.1 Å². The van der Waals surface area contributed by atoms with Crippen LogP contribution in [-0.2, 0) is 18.3 Å². The smallest absolute Gasteiger partial charge is 0.242 e. The lowest BCUT2D eigenvalue weighted by Crippen LogP contribution is -2.30. The van der Waals surface area contributed by atoms with Gasteiger partial charge in [-0.15, -0.1) is 5.10 Å². The van der Waals surface area contributed by atoms with E-state index in [2.05, 4.69) is 15.3 Å². The Morgan fingerprint density at radius 2 is 1.97 bits per heavy atom. The van der Waals surface area contributed by atoms with Crippen molar-refractivity contribution < 1.29 is 9.53 Å². The molecule has 3 aromatic rings. The average Bonchev–Trinajstić information content (AvgIpc) is 3.10. The Morgan fingerprint density at radius 3 is 2.69 bits per heavy atom. The molecule has 1 saturated heterocycles. The van der Waals surface area contributed by atoms with E-state index in [0.29, 0.717) is 23.7 Å². The normalized spacial score (nSPS) is 14.1. The Hall–Kier alpha value is -2.80. The van der Waals surface area contributed by atoms with Crippen LogP contribution >= 0.6 is 11.6 Å². The summed E-state index contributed by atoms with van der Waals surface area (Å²) in [7, 11) is 3.47. The van der Waals surface area contributed by atoms with Gasteiger partial charge in [-0.25, -0.2) is 9.67 Å². The van der Waals surface area contributed by atoms with Crippen molar-refractivity contribution in [3.63, 3.8) is 0 Å². The van der Waals surface area contributed by atoms with Gasteiger partial charge in [0.15, 0.2) is 5.65 Å². The second-order valence-corrected chi connectivity index (χ2v) is 8.83. The van der Waals surface area contributed by atoms with E-state index in [9.17, 15) is 4.79 Å². The third kappa shape index (κ3) is 4.39. The summed E-state index contributed by atoms with van der Waals surface area (Å²) in [6.45, 7) is 6.02. The molecule has 0 bridgehead atoms. The van der Waals surface area contributed by atoms with Crippen molar-refractivity contribution in [1.29, 1.82) is 0 Å². The lowest BCUT2D eigenvalue weighted by atomic mass is 10.00. The molecule has 0 spiro atoms. The second-order valence-electron chi connectivity index (χ2n) is 8.39. The van der Waals surface area contributed by atoms with Crippen LogP contribution in [-0.4, -0.2) is 40.9 Å². The van der Waals surface area contributed by atoms with Crippen LogP contribution in [0.1, 0.15) is 42.5 Å². The highest BCUT2D eigenvalue weighted by Gasteiger charge is 2.20. The van der Waals surface area contributed by atoms with Crippen LogP contribution in [0.3, 0.4) is 0 Å². The second kappa shape index (κ2) is 9.36. The van der Waals surface area contributed by atoms with E-state index < -0.39 is 0 Å². The van der Waals surface area contributed by atoms with Crippen LogP contribution in [0.2, 0.25) is 5.02 Å². The van der Waals surface area contributed by atoms with Gasteiger partial charge in [0.05, 0.1) is 23.9 Å². The van der Waals surface area contributed by atoms with Gasteiger partial charge in [-0.2, -0.15) is 0 Å². The molecule has 0 unspecified atom stereocenters. The summed E-state index contributed by atoms with van der Waals surface area (Å²) in [6, 6.07) is 5.73. The fourth-order valence-corrected chi connectivity index (χ4v) is 4.75. The van der Waals surface area contributed by atoms with Crippen LogP contribution in [0.25, 0.3) is 11.0 Å². The number of benzene rings is 1. The van der Waals surface area contributed by atoms with Gasteiger partial charge in [-0.3, -0.25) is 4.79 Å². The number of amides is 1. The summed E-state index contributed by atoms with van der Waals surface area (Å²) in [6.07, 6.45) is 4.53. The van der Waals surface area contributed by atoms with Crippen molar-refractivity contribution >= 4 is 39.9 Å². The first kappa shape index (κ1) is 22.4. The van der Waals surface area contributed by atoms with Crippen molar-refractivity contribution in [2.75, 3.05) is 30.4 Å². The van der Waals surface area contributed by atoms with Crippen molar-refractivity contribution in [2.24, 2.45) is 7.05 Å². The summed E-state index contributed by atoms with van der Waals surface area (Å²) < 4.78 is 7.17. The molecule has 1 aromatic carbocycles.